The van der Waals surface area contributed by atoms with E-state index < -0.39 is 0 Å². The van der Waals surface area contributed by atoms with E-state index in [2.05, 4.69) is 0 Å². The molecule has 1 saturated carbocycles. The molecule has 1 aliphatic rings. The third-order valence-corrected chi connectivity index (χ3v) is 2.73. The Hall–Kier alpha value is -0.370. The molecule has 0 unspecified atom stereocenters. The van der Waals surface area contributed by atoms with Crippen molar-refractivity contribution in [2.24, 2.45) is 5.41 Å². The Bertz CT molecular complexity index is 147. The molecule has 0 aromatic heterocycles. The molecule has 0 aromatic carbocycles. The summed E-state index contributed by atoms with van der Waals surface area (Å²) >= 11 is 0. The highest BCUT2D eigenvalue weighted by atomic mass is 16.5. The summed E-state index contributed by atoms with van der Waals surface area (Å²) in [5.41, 5.74) is -0.116. The van der Waals surface area contributed by atoms with Gasteiger partial charge in [0.05, 0.1) is 12.0 Å². The minimum absolute atomic E-state index is 0.116. The lowest BCUT2D eigenvalue weighted by Crippen LogP contribution is -2.30. The summed E-state index contributed by atoms with van der Waals surface area (Å²) < 4.78 is 5.07. The fourth-order valence-corrected chi connectivity index (χ4v) is 1.93. The molecule has 1 rings (SSSR count). The number of rotatable bonds is 3. The molecular formula is C15H34O2. The highest BCUT2D eigenvalue weighted by molar-refractivity contribution is 5.82. The molecule has 2 heteroatoms. The molecule has 0 radical (unpaired) electrons. The van der Waals surface area contributed by atoms with Crippen molar-refractivity contribution in [3.05, 3.63) is 0 Å². The molecular weight excluding hydrogens is 212 g/mol. The number of carbonyl (C=O) groups excluding carboxylic acids is 1. The van der Waals surface area contributed by atoms with E-state index in [1.807, 2.05) is 41.5 Å². The second kappa shape index (κ2) is 15.6. The molecule has 1 aliphatic carbocycles. The average molecular weight is 246 g/mol. The minimum atomic E-state index is -0.116. The first-order valence-corrected chi connectivity index (χ1v) is 7.21. The number of hydrogen-bond acceptors (Lipinski definition) is 2. The highest BCUT2D eigenvalue weighted by Gasteiger charge is 2.38. The van der Waals surface area contributed by atoms with Crippen LogP contribution in [0.2, 0.25) is 0 Å². The predicted octanol–water partition coefficient (Wildman–Crippen LogP) is 4.86. The fraction of sp³-hybridized carbons (Fsp3) is 0.933. The van der Waals surface area contributed by atoms with Crippen LogP contribution in [0.25, 0.3) is 0 Å². The van der Waals surface area contributed by atoms with Gasteiger partial charge >= 0.3 is 0 Å². The lowest BCUT2D eigenvalue weighted by atomic mass is 9.83. The molecule has 0 atom stereocenters. The monoisotopic (exact) mass is 246 g/mol. The molecule has 0 aliphatic heterocycles. The van der Waals surface area contributed by atoms with Crippen LogP contribution >= 0.6 is 0 Å². The molecule has 0 amide bonds. The van der Waals surface area contributed by atoms with E-state index in [4.69, 9.17) is 4.74 Å². The summed E-state index contributed by atoms with van der Waals surface area (Å²) in [6.07, 6.45) is 4.41. The predicted molar refractivity (Wildman–Crippen MR) is 77.5 cm³/mol. The van der Waals surface area contributed by atoms with Crippen molar-refractivity contribution in [2.45, 2.75) is 74.1 Å². The Labute approximate surface area is 109 Å². The van der Waals surface area contributed by atoms with Crippen molar-refractivity contribution < 1.29 is 9.53 Å². The van der Waals surface area contributed by atoms with Crippen LogP contribution in [-0.4, -0.2) is 19.5 Å². The van der Waals surface area contributed by atoms with E-state index in [1.54, 1.807) is 14.0 Å². The van der Waals surface area contributed by atoms with Gasteiger partial charge in [-0.15, -0.1) is 0 Å². The zero-order valence-corrected chi connectivity index (χ0v) is 13.4. The smallest absolute Gasteiger partial charge is 0.138 e. The van der Waals surface area contributed by atoms with Gasteiger partial charge in [0.15, 0.2) is 0 Å². The molecule has 0 aromatic rings. The first-order valence-electron chi connectivity index (χ1n) is 7.21. The molecule has 1 fully saturated rings. The number of ketones is 1. The number of methoxy groups -OCH3 is 1. The van der Waals surface area contributed by atoms with Gasteiger partial charge in [-0.1, -0.05) is 54.4 Å². The van der Waals surface area contributed by atoms with Crippen molar-refractivity contribution in [3.8, 4) is 0 Å². The van der Waals surface area contributed by atoms with Gasteiger partial charge in [-0.25, -0.2) is 0 Å². The van der Waals surface area contributed by atoms with Crippen molar-refractivity contribution in [3.63, 3.8) is 0 Å². The topological polar surface area (TPSA) is 26.3 Å². The Morgan fingerprint density at radius 2 is 1.35 bits per heavy atom. The molecule has 0 saturated heterocycles. The Morgan fingerprint density at radius 3 is 1.59 bits per heavy atom. The van der Waals surface area contributed by atoms with Crippen LogP contribution < -0.4 is 0 Å². The van der Waals surface area contributed by atoms with Crippen LogP contribution in [0.1, 0.15) is 74.1 Å². The lowest BCUT2D eigenvalue weighted by molar-refractivity contribution is -0.129. The van der Waals surface area contributed by atoms with E-state index in [-0.39, 0.29) is 5.41 Å². The summed E-state index contributed by atoms with van der Waals surface area (Å²) in [6.45, 7) is 14.3. The first-order chi connectivity index (χ1) is 8.21. The van der Waals surface area contributed by atoms with Crippen LogP contribution in [0.4, 0.5) is 0 Å². The highest BCUT2D eigenvalue weighted by Crippen LogP contribution is 2.38. The quantitative estimate of drug-likeness (QED) is 0.710. The van der Waals surface area contributed by atoms with Gasteiger partial charge in [0.25, 0.3) is 0 Å². The van der Waals surface area contributed by atoms with Crippen LogP contribution in [0.15, 0.2) is 0 Å². The van der Waals surface area contributed by atoms with Crippen molar-refractivity contribution >= 4 is 5.78 Å². The maximum Gasteiger partial charge on any atom is 0.138 e. The van der Waals surface area contributed by atoms with Crippen LogP contribution in [0.3, 0.4) is 0 Å². The Morgan fingerprint density at radius 1 is 1.00 bits per heavy atom. The minimum Gasteiger partial charge on any atom is -0.384 e. The second-order valence-electron chi connectivity index (χ2n) is 3.48. The van der Waals surface area contributed by atoms with Gasteiger partial charge in [0.1, 0.15) is 5.78 Å². The molecule has 0 N–H and O–H groups in total. The lowest BCUT2D eigenvalue weighted by Gasteiger charge is -2.24. The number of Topliss-reactive ketones (excluding diaryl/α,β-unsaturated/α-hetero) is 1. The van der Waals surface area contributed by atoms with Gasteiger partial charge in [0.2, 0.25) is 0 Å². The summed E-state index contributed by atoms with van der Waals surface area (Å²) in [4.78, 5) is 11.3. The Balaban J connectivity index is -0.000000285. The second-order valence-corrected chi connectivity index (χ2v) is 3.48. The van der Waals surface area contributed by atoms with Gasteiger partial charge in [0, 0.05) is 7.11 Å². The fourth-order valence-electron chi connectivity index (χ4n) is 1.93. The van der Waals surface area contributed by atoms with Gasteiger partial charge < -0.3 is 4.74 Å². The maximum atomic E-state index is 11.3. The van der Waals surface area contributed by atoms with Gasteiger partial charge in [-0.2, -0.15) is 0 Å². The van der Waals surface area contributed by atoms with E-state index in [0.29, 0.717) is 12.4 Å². The summed E-state index contributed by atoms with van der Waals surface area (Å²) in [5.74, 6) is 0.303. The molecule has 0 spiro atoms. The first kappa shape index (κ1) is 21.9. The number of carbonyl (C=O) groups is 1. The van der Waals surface area contributed by atoms with E-state index in [9.17, 15) is 4.79 Å². The number of hydrogen-bond donors (Lipinski definition) is 0. The molecule has 0 bridgehead atoms. The molecule has 0 heterocycles. The number of ether oxygens (including phenoxy) is 1. The zero-order chi connectivity index (χ0) is 14.3. The van der Waals surface area contributed by atoms with Gasteiger partial charge in [-0.3, -0.25) is 4.79 Å². The van der Waals surface area contributed by atoms with Crippen LogP contribution in [-0.2, 0) is 9.53 Å². The Kier molecular flexibility index (Phi) is 20.1. The molecule has 106 valence electrons. The van der Waals surface area contributed by atoms with E-state index >= 15 is 0 Å². The third kappa shape index (κ3) is 8.37. The third-order valence-electron chi connectivity index (χ3n) is 2.73. The van der Waals surface area contributed by atoms with Crippen molar-refractivity contribution in [2.75, 3.05) is 13.7 Å². The zero-order valence-electron chi connectivity index (χ0n) is 13.4. The van der Waals surface area contributed by atoms with Gasteiger partial charge in [-0.05, 0) is 19.8 Å². The van der Waals surface area contributed by atoms with Crippen LogP contribution in [0, 0.1) is 5.41 Å². The van der Waals surface area contributed by atoms with Crippen molar-refractivity contribution in [1.29, 1.82) is 0 Å². The normalized spacial score (nSPS) is 15.3. The molecule has 2 nitrogen and oxygen atoms in total. The molecule has 17 heavy (non-hydrogen) atoms. The summed E-state index contributed by atoms with van der Waals surface area (Å²) in [7, 11) is 1.67. The van der Waals surface area contributed by atoms with E-state index in [0.717, 1.165) is 12.8 Å². The van der Waals surface area contributed by atoms with E-state index in [1.165, 1.54) is 12.8 Å². The standard InChI is InChI=1S/C9H16O2.3C2H6/c1-8(10)9(7-11-2)5-3-4-6-9;3*1-2/h3-7H2,1-2H3;3*1-2H3. The SMILES string of the molecule is CC.CC.CC.COCC1(C(C)=O)CCCC1. The summed E-state index contributed by atoms with van der Waals surface area (Å²) in [5, 5.41) is 0. The largest absolute Gasteiger partial charge is 0.384 e. The maximum absolute atomic E-state index is 11.3. The average Bonchev–Trinajstić information content (AvgIpc) is 2.87. The van der Waals surface area contributed by atoms with Crippen molar-refractivity contribution in [1.82, 2.24) is 0 Å². The summed E-state index contributed by atoms with van der Waals surface area (Å²) in [6, 6.07) is 0. The van der Waals surface area contributed by atoms with Crippen LogP contribution in [0.5, 0.6) is 0 Å².